The molecule has 0 saturated carbocycles. The van der Waals surface area contributed by atoms with E-state index in [9.17, 15) is 9.59 Å². The largest absolute Gasteiger partial charge is 0.489 e. The number of hydrogen-bond donors (Lipinski definition) is 0. The van der Waals surface area contributed by atoms with Crippen LogP contribution in [0.1, 0.15) is 23.0 Å². The van der Waals surface area contributed by atoms with E-state index in [1.165, 1.54) is 0 Å². The van der Waals surface area contributed by atoms with Crippen LogP contribution in [-0.4, -0.2) is 19.2 Å². The van der Waals surface area contributed by atoms with Gasteiger partial charge in [0.2, 0.25) is 11.2 Å². The molecule has 1 aromatic heterocycles. The quantitative estimate of drug-likeness (QED) is 0.269. The van der Waals surface area contributed by atoms with Gasteiger partial charge in [0.1, 0.15) is 17.9 Å². The maximum absolute atomic E-state index is 13.3. The molecule has 5 nitrogen and oxygen atoms in total. The van der Waals surface area contributed by atoms with Gasteiger partial charge in [0.05, 0.1) is 17.6 Å². The van der Waals surface area contributed by atoms with E-state index in [0.717, 1.165) is 10.0 Å². The maximum Gasteiger partial charge on any atom is 0.375 e. The molecule has 0 aliphatic carbocycles. The molecule has 0 aliphatic rings. The fourth-order valence-corrected chi connectivity index (χ4v) is 3.64. The van der Waals surface area contributed by atoms with Gasteiger partial charge in [-0.1, -0.05) is 64.5 Å². The Morgan fingerprint density at radius 1 is 1.03 bits per heavy atom. The van der Waals surface area contributed by atoms with Gasteiger partial charge in [-0.3, -0.25) is 4.79 Å². The van der Waals surface area contributed by atoms with Crippen molar-refractivity contribution in [2.75, 3.05) is 13.2 Å². The summed E-state index contributed by atoms with van der Waals surface area (Å²) < 4.78 is 17.7. The van der Waals surface area contributed by atoms with Crippen LogP contribution in [0.4, 0.5) is 0 Å². The summed E-state index contributed by atoms with van der Waals surface area (Å²) in [5.41, 5.74) is 1.77. The second kappa shape index (κ2) is 10.3. The molecule has 0 fully saturated rings. The molecule has 1 heterocycles. The topological polar surface area (TPSA) is 65.7 Å². The highest BCUT2D eigenvalue weighted by Crippen LogP contribution is 2.28. The number of hydrogen-bond acceptors (Lipinski definition) is 5. The summed E-state index contributed by atoms with van der Waals surface area (Å²) >= 11 is 3.38. The molecule has 166 valence electrons. The van der Waals surface area contributed by atoms with Gasteiger partial charge in [0.15, 0.2) is 0 Å². The molecule has 0 aliphatic heterocycles. The van der Waals surface area contributed by atoms with Crippen molar-refractivity contribution in [2.45, 2.75) is 6.92 Å². The Hall–Kier alpha value is -3.64. The summed E-state index contributed by atoms with van der Waals surface area (Å²) in [4.78, 5) is 26.0. The zero-order valence-electron chi connectivity index (χ0n) is 17.9. The van der Waals surface area contributed by atoms with Crippen LogP contribution in [0, 0.1) is 0 Å². The number of esters is 1. The Labute approximate surface area is 199 Å². The molecule has 0 bridgehead atoms. The van der Waals surface area contributed by atoms with Gasteiger partial charge in [-0.05, 0) is 48.4 Å². The van der Waals surface area contributed by atoms with Gasteiger partial charge in [-0.15, -0.1) is 0 Å². The van der Waals surface area contributed by atoms with E-state index < -0.39 is 5.97 Å². The van der Waals surface area contributed by atoms with Gasteiger partial charge in [-0.25, -0.2) is 4.79 Å². The van der Waals surface area contributed by atoms with Gasteiger partial charge < -0.3 is 13.9 Å². The predicted molar refractivity (Wildman–Crippen MR) is 133 cm³/mol. The second-order valence-electron chi connectivity index (χ2n) is 7.14. The highest BCUT2D eigenvalue weighted by Gasteiger charge is 2.23. The molecule has 0 spiro atoms. The highest BCUT2D eigenvalue weighted by atomic mass is 79.9. The van der Waals surface area contributed by atoms with E-state index in [-0.39, 0.29) is 28.9 Å². The molecule has 4 rings (SSSR count). The van der Waals surface area contributed by atoms with Crippen LogP contribution in [-0.2, 0) is 4.74 Å². The van der Waals surface area contributed by atoms with Crippen molar-refractivity contribution in [3.8, 4) is 16.9 Å². The lowest BCUT2D eigenvalue weighted by molar-refractivity contribution is 0.0492. The first-order valence-electron chi connectivity index (χ1n) is 10.4. The fraction of sp³-hybridized carbons (Fsp3) is 0.111. The lowest BCUT2D eigenvalue weighted by Gasteiger charge is -2.11. The zero-order chi connectivity index (χ0) is 23.2. The lowest BCUT2D eigenvalue weighted by Crippen LogP contribution is -2.15. The van der Waals surface area contributed by atoms with E-state index in [4.69, 9.17) is 13.9 Å². The second-order valence-corrected chi connectivity index (χ2v) is 8.06. The fourth-order valence-electron chi connectivity index (χ4n) is 3.38. The van der Waals surface area contributed by atoms with E-state index >= 15 is 0 Å². The molecule has 0 atom stereocenters. The molecule has 0 N–H and O–H groups in total. The standard InChI is InChI=1S/C27H21BrO5/c1-2-31-27(30)26-24(19-10-12-20(28)13-11-19)25(29)22-15-14-21(17-23(22)33-26)32-16-6-9-18-7-4-3-5-8-18/h3-15,17H,2,16H2,1H3. The Balaban J connectivity index is 1.69. The minimum absolute atomic E-state index is 0.127. The van der Waals surface area contributed by atoms with E-state index in [1.807, 2.05) is 42.5 Å². The molecule has 0 radical (unpaired) electrons. The van der Waals surface area contributed by atoms with E-state index in [1.54, 1.807) is 49.4 Å². The van der Waals surface area contributed by atoms with Crippen LogP contribution in [0.15, 0.2) is 92.6 Å². The third-order valence-electron chi connectivity index (χ3n) is 4.91. The van der Waals surface area contributed by atoms with Crippen molar-refractivity contribution in [2.24, 2.45) is 0 Å². The molecular weight excluding hydrogens is 484 g/mol. The van der Waals surface area contributed by atoms with Gasteiger partial charge >= 0.3 is 5.97 Å². The summed E-state index contributed by atoms with van der Waals surface area (Å²) in [5, 5.41) is 0.355. The number of benzene rings is 3. The zero-order valence-corrected chi connectivity index (χ0v) is 19.5. The summed E-state index contributed by atoms with van der Waals surface area (Å²) in [6, 6.07) is 22.0. The van der Waals surface area contributed by atoms with Crippen molar-refractivity contribution in [3.63, 3.8) is 0 Å². The Morgan fingerprint density at radius 3 is 2.52 bits per heavy atom. The van der Waals surface area contributed by atoms with Crippen LogP contribution in [0.5, 0.6) is 5.75 Å². The third kappa shape index (κ3) is 5.23. The van der Waals surface area contributed by atoms with Crippen LogP contribution in [0.2, 0.25) is 0 Å². The van der Waals surface area contributed by atoms with Crippen molar-refractivity contribution < 1.29 is 18.7 Å². The minimum atomic E-state index is -0.688. The van der Waals surface area contributed by atoms with E-state index in [2.05, 4.69) is 15.9 Å². The van der Waals surface area contributed by atoms with Crippen LogP contribution >= 0.6 is 15.9 Å². The lowest BCUT2D eigenvalue weighted by atomic mass is 10.0. The van der Waals surface area contributed by atoms with Crippen LogP contribution < -0.4 is 10.2 Å². The van der Waals surface area contributed by atoms with Gasteiger partial charge in [-0.2, -0.15) is 0 Å². The summed E-state index contributed by atoms with van der Waals surface area (Å²) in [5.74, 6) is -0.293. The molecule has 33 heavy (non-hydrogen) atoms. The molecule has 0 amide bonds. The Morgan fingerprint density at radius 2 is 1.79 bits per heavy atom. The van der Waals surface area contributed by atoms with Crippen molar-refractivity contribution in [3.05, 3.63) is 105 Å². The number of carbonyl (C=O) groups excluding carboxylic acids is 1. The molecule has 0 unspecified atom stereocenters. The van der Waals surface area contributed by atoms with Crippen molar-refractivity contribution in [1.29, 1.82) is 0 Å². The first-order valence-corrected chi connectivity index (χ1v) is 11.2. The number of carbonyl (C=O) groups is 1. The van der Waals surface area contributed by atoms with Crippen molar-refractivity contribution >= 4 is 38.9 Å². The molecule has 3 aromatic carbocycles. The third-order valence-corrected chi connectivity index (χ3v) is 5.44. The normalized spacial score (nSPS) is 11.1. The smallest absolute Gasteiger partial charge is 0.375 e. The molecule has 6 heteroatoms. The minimum Gasteiger partial charge on any atom is -0.489 e. The van der Waals surface area contributed by atoms with Gasteiger partial charge in [0, 0.05) is 10.5 Å². The van der Waals surface area contributed by atoms with Gasteiger partial charge in [0.25, 0.3) is 0 Å². The first kappa shape index (κ1) is 22.6. The summed E-state index contributed by atoms with van der Waals surface area (Å²) in [6.07, 6.45) is 3.86. The maximum atomic E-state index is 13.3. The van der Waals surface area contributed by atoms with Crippen LogP contribution in [0.3, 0.4) is 0 Å². The highest BCUT2D eigenvalue weighted by molar-refractivity contribution is 9.10. The average molecular weight is 505 g/mol. The van der Waals surface area contributed by atoms with Crippen LogP contribution in [0.25, 0.3) is 28.2 Å². The monoisotopic (exact) mass is 504 g/mol. The Kier molecular flexibility index (Phi) is 7.05. The summed E-state index contributed by atoms with van der Waals surface area (Å²) in [6.45, 7) is 2.20. The number of fused-ring (bicyclic) bond motifs is 1. The number of ether oxygens (including phenoxy) is 2. The molecular formula is C27H21BrO5. The average Bonchev–Trinajstić information content (AvgIpc) is 2.83. The first-order chi connectivity index (χ1) is 16.1. The predicted octanol–water partition coefficient (Wildman–Crippen LogP) is 6.49. The number of rotatable bonds is 7. The number of halogens is 1. The SMILES string of the molecule is CCOC(=O)c1oc2cc(OCC=Cc3ccccc3)ccc2c(=O)c1-c1ccc(Br)cc1. The summed E-state index contributed by atoms with van der Waals surface area (Å²) in [7, 11) is 0. The van der Waals surface area contributed by atoms with Crippen molar-refractivity contribution in [1.82, 2.24) is 0 Å². The Bertz CT molecular complexity index is 1360. The molecule has 0 saturated heterocycles. The molecule has 4 aromatic rings. The van der Waals surface area contributed by atoms with E-state index in [0.29, 0.717) is 23.3 Å².